The number of aromatic hydroxyl groups is 1. The van der Waals surface area contributed by atoms with Crippen LogP contribution in [-0.4, -0.2) is 47.2 Å². The summed E-state index contributed by atoms with van der Waals surface area (Å²) >= 11 is 0. The Labute approximate surface area is 193 Å². The number of aromatic nitrogens is 1. The van der Waals surface area contributed by atoms with E-state index >= 15 is 0 Å². The van der Waals surface area contributed by atoms with E-state index in [0.717, 1.165) is 48.1 Å². The van der Waals surface area contributed by atoms with Gasteiger partial charge in [-0.1, -0.05) is 18.2 Å². The molecule has 3 aliphatic heterocycles. The molecule has 0 radical (unpaired) electrons. The average Bonchev–Trinajstić information content (AvgIpc) is 2.87. The van der Waals surface area contributed by atoms with Crippen LogP contribution in [0.1, 0.15) is 34.9 Å². The van der Waals surface area contributed by atoms with Crippen molar-refractivity contribution < 1.29 is 19.4 Å². The maximum atomic E-state index is 13.2. The summed E-state index contributed by atoms with van der Waals surface area (Å²) in [4.78, 5) is 20.1. The van der Waals surface area contributed by atoms with E-state index in [-0.39, 0.29) is 17.4 Å². The number of esters is 1. The Morgan fingerprint density at radius 3 is 2.85 bits per heavy atom. The van der Waals surface area contributed by atoms with Crippen molar-refractivity contribution in [1.82, 2.24) is 9.88 Å². The van der Waals surface area contributed by atoms with Crippen LogP contribution in [0.4, 0.5) is 0 Å². The Kier molecular flexibility index (Phi) is 5.77. The Bertz CT molecular complexity index is 1190. The monoisotopic (exact) mass is 444 g/mol. The summed E-state index contributed by atoms with van der Waals surface area (Å²) in [5.74, 6) is 1.08. The molecule has 1 aromatic heterocycles. The first-order valence-electron chi connectivity index (χ1n) is 11.4. The number of nitrogens with zero attached hydrogens (tertiary/aromatic N) is 2. The van der Waals surface area contributed by atoms with E-state index in [9.17, 15) is 9.90 Å². The normalized spacial score (nSPS) is 24.9. The van der Waals surface area contributed by atoms with Crippen molar-refractivity contribution >= 4 is 16.9 Å². The molecule has 6 heteroatoms. The predicted molar refractivity (Wildman–Crippen MR) is 126 cm³/mol. The highest BCUT2D eigenvalue weighted by Crippen LogP contribution is 2.44. The van der Waals surface area contributed by atoms with Crippen LogP contribution in [0.5, 0.6) is 11.5 Å². The van der Waals surface area contributed by atoms with Crippen LogP contribution in [0, 0.1) is 11.8 Å². The second-order valence-electron chi connectivity index (χ2n) is 8.87. The minimum atomic E-state index is -0.533. The lowest BCUT2D eigenvalue weighted by Crippen LogP contribution is -2.55. The van der Waals surface area contributed by atoms with Gasteiger partial charge >= 0.3 is 5.97 Å². The fourth-order valence-electron chi connectivity index (χ4n) is 5.39. The van der Waals surface area contributed by atoms with Crippen molar-refractivity contribution in [3.63, 3.8) is 0 Å². The van der Waals surface area contributed by atoms with Crippen LogP contribution in [0.3, 0.4) is 0 Å². The summed E-state index contributed by atoms with van der Waals surface area (Å²) in [6, 6.07) is 14.2. The minimum absolute atomic E-state index is 0.0338. The highest BCUT2D eigenvalue weighted by atomic mass is 16.5. The lowest BCUT2D eigenvalue weighted by Gasteiger charge is -2.51. The highest BCUT2D eigenvalue weighted by molar-refractivity contribution is 5.93. The molecule has 3 fully saturated rings. The van der Waals surface area contributed by atoms with Gasteiger partial charge in [-0.15, -0.1) is 6.58 Å². The zero-order valence-corrected chi connectivity index (χ0v) is 18.7. The largest absolute Gasteiger partial charge is 0.507 e. The first-order chi connectivity index (χ1) is 16.1. The number of methoxy groups -OCH3 is 1. The molecule has 2 bridgehead atoms. The highest BCUT2D eigenvalue weighted by Gasteiger charge is 2.44. The number of fused-ring (bicyclic) bond motifs is 4. The number of benzene rings is 2. The summed E-state index contributed by atoms with van der Waals surface area (Å²) in [7, 11) is 1.63. The third kappa shape index (κ3) is 3.95. The van der Waals surface area contributed by atoms with Gasteiger partial charge < -0.3 is 14.6 Å². The molecule has 4 heterocycles. The summed E-state index contributed by atoms with van der Waals surface area (Å²) in [5.41, 5.74) is 1.88. The van der Waals surface area contributed by atoms with Gasteiger partial charge in [-0.2, -0.15) is 0 Å². The van der Waals surface area contributed by atoms with E-state index in [4.69, 9.17) is 9.47 Å². The quantitative estimate of drug-likeness (QED) is 0.437. The maximum absolute atomic E-state index is 13.2. The van der Waals surface area contributed by atoms with Crippen molar-refractivity contribution in [3.05, 3.63) is 78.5 Å². The number of hydrogen-bond donors (Lipinski definition) is 1. The van der Waals surface area contributed by atoms with Gasteiger partial charge in [-0.25, -0.2) is 4.79 Å². The lowest BCUT2D eigenvalue weighted by atomic mass is 9.73. The Hall–Kier alpha value is -3.38. The van der Waals surface area contributed by atoms with Gasteiger partial charge in [0.1, 0.15) is 23.2 Å². The number of phenols is 1. The number of carbonyl (C=O) groups excluding carboxylic acids is 1. The molecular formula is C27H28N2O4. The Morgan fingerprint density at radius 2 is 2.12 bits per heavy atom. The van der Waals surface area contributed by atoms with Gasteiger partial charge in [0, 0.05) is 23.7 Å². The summed E-state index contributed by atoms with van der Waals surface area (Å²) in [6.07, 6.45) is 5.35. The van der Waals surface area contributed by atoms with Crippen molar-refractivity contribution in [2.24, 2.45) is 11.8 Å². The molecule has 33 heavy (non-hydrogen) atoms. The Balaban J connectivity index is 1.58. The van der Waals surface area contributed by atoms with Crippen molar-refractivity contribution in [2.45, 2.75) is 25.0 Å². The number of ether oxygens (including phenoxy) is 2. The average molecular weight is 445 g/mol. The minimum Gasteiger partial charge on any atom is -0.507 e. The third-order valence-electron chi connectivity index (χ3n) is 7.15. The maximum Gasteiger partial charge on any atom is 0.342 e. The number of phenolic OH excluding ortho intramolecular Hbond substituents is 1. The molecule has 1 unspecified atom stereocenters. The van der Waals surface area contributed by atoms with Gasteiger partial charge in [0.25, 0.3) is 0 Å². The SMILES string of the molecule is C=C[C@H]1CN2CC[C@H]1C[C@H]2[C@H](OC(=O)c1ccccc1O)c1ccnc2ccc(OC)cc12. The molecule has 0 spiro atoms. The fraction of sp³-hybridized carbons (Fsp3) is 0.333. The van der Waals surface area contributed by atoms with Crippen LogP contribution < -0.4 is 4.74 Å². The van der Waals surface area contributed by atoms with Gasteiger partial charge in [0.15, 0.2) is 0 Å². The molecular weight excluding hydrogens is 416 g/mol. The number of hydrogen-bond acceptors (Lipinski definition) is 6. The summed E-state index contributed by atoms with van der Waals surface area (Å²) in [6.45, 7) is 5.91. The van der Waals surface area contributed by atoms with E-state index in [2.05, 4.69) is 22.5 Å². The van der Waals surface area contributed by atoms with Crippen LogP contribution in [0.15, 0.2) is 67.4 Å². The summed E-state index contributed by atoms with van der Waals surface area (Å²) < 4.78 is 11.7. The van der Waals surface area contributed by atoms with Crippen LogP contribution >= 0.6 is 0 Å². The standard InChI is InChI=1S/C27H28N2O4/c1-3-17-16-29-13-11-18(17)14-24(29)26(33-27(31)21-6-4-5-7-25(21)30)20-10-12-28-23-9-8-19(32-2)15-22(20)23/h3-10,12,15,17-18,24,26,30H,1,11,13-14,16H2,2H3/t17-,18-,24-,26+/m0/s1. The molecule has 5 atom stereocenters. The van der Waals surface area contributed by atoms with Gasteiger partial charge in [0.05, 0.1) is 18.7 Å². The Morgan fingerprint density at radius 1 is 1.27 bits per heavy atom. The van der Waals surface area contributed by atoms with Crippen LogP contribution in [0.2, 0.25) is 0 Å². The predicted octanol–water partition coefficient (Wildman–Crippen LogP) is 4.74. The zero-order valence-electron chi connectivity index (χ0n) is 18.7. The number of pyridine rings is 1. The zero-order chi connectivity index (χ0) is 22.9. The first kappa shape index (κ1) is 21.5. The van der Waals surface area contributed by atoms with E-state index < -0.39 is 12.1 Å². The molecule has 170 valence electrons. The van der Waals surface area contributed by atoms with Crippen molar-refractivity contribution in [1.29, 1.82) is 0 Å². The molecule has 2 aromatic carbocycles. The van der Waals surface area contributed by atoms with E-state index in [1.165, 1.54) is 6.07 Å². The molecule has 6 rings (SSSR count). The van der Waals surface area contributed by atoms with Crippen LogP contribution in [-0.2, 0) is 4.74 Å². The third-order valence-corrected chi connectivity index (χ3v) is 7.15. The second-order valence-corrected chi connectivity index (χ2v) is 8.87. The van der Waals surface area contributed by atoms with Gasteiger partial charge in [0.2, 0.25) is 0 Å². The smallest absolute Gasteiger partial charge is 0.342 e. The molecule has 3 aliphatic rings. The number of carbonyl (C=O) groups is 1. The molecule has 0 aliphatic carbocycles. The number of rotatable bonds is 6. The van der Waals surface area contributed by atoms with E-state index in [1.807, 2.05) is 24.3 Å². The molecule has 0 amide bonds. The van der Waals surface area contributed by atoms with Gasteiger partial charge in [-0.05, 0) is 67.6 Å². The fourth-order valence-corrected chi connectivity index (χ4v) is 5.39. The summed E-state index contributed by atoms with van der Waals surface area (Å²) in [5, 5.41) is 11.1. The topological polar surface area (TPSA) is 71.9 Å². The van der Waals surface area contributed by atoms with E-state index in [0.29, 0.717) is 11.8 Å². The molecule has 3 aromatic rings. The first-order valence-corrected chi connectivity index (χ1v) is 11.4. The molecule has 0 saturated carbocycles. The molecule has 1 N–H and O–H groups in total. The molecule has 3 saturated heterocycles. The van der Waals surface area contributed by atoms with E-state index in [1.54, 1.807) is 31.5 Å². The van der Waals surface area contributed by atoms with Crippen molar-refractivity contribution in [2.75, 3.05) is 20.2 Å². The van der Waals surface area contributed by atoms with Gasteiger partial charge in [-0.3, -0.25) is 9.88 Å². The number of para-hydroxylation sites is 1. The number of piperidine rings is 3. The molecule has 6 nitrogen and oxygen atoms in total. The lowest BCUT2D eigenvalue weighted by molar-refractivity contribution is -0.0568. The van der Waals surface area contributed by atoms with Crippen LogP contribution in [0.25, 0.3) is 10.9 Å². The second kappa shape index (κ2) is 8.87. The van der Waals surface area contributed by atoms with Crippen molar-refractivity contribution in [3.8, 4) is 11.5 Å².